The highest BCUT2D eigenvalue weighted by atomic mass is 31.2. The summed E-state index contributed by atoms with van der Waals surface area (Å²) in [6.07, 6.45) is -3.86. The van der Waals surface area contributed by atoms with E-state index in [1.54, 1.807) is 38.1 Å². The average Bonchev–Trinajstić information content (AvgIpc) is 3.16. The lowest BCUT2D eigenvalue weighted by molar-refractivity contribution is -0.149. The summed E-state index contributed by atoms with van der Waals surface area (Å²) in [5.74, 6) is -0.515. The van der Waals surface area contributed by atoms with Crippen molar-refractivity contribution >= 4 is 13.7 Å². The first-order valence-electron chi connectivity index (χ1n) is 13.7. The van der Waals surface area contributed by atoms with Crippen molar-refractivity contribution in [3.63, 3.8) is 0 Å². The molecule has 1 saturated heterocycles. The van der Waals surface area contributed by atoms with Gasteiger partial charge in [0.2, 0.25) is 0 Å². The summed E-state index contributed by atoms with van der Waals surface area (Å²) in [6.45, 7) is 5.10. The molecule has 12 nitrogen and oxygen atoms in total. The molecule has 3 aromatic rings. The van der Waals surface area contributed by atoms with Crippen LogP contribution in [-0.4, -0.2) is 57.3 Å². The standard InChI is InChI=1S/C29H35FN3O9P/c1-18(2)40-26(36)19(3)32-43(38,42-22-13-9-8-12-21(22)16-20-10-6-5-7-11-20)39-17-23-25(35)29(4,30)27(41-23)33-15-14-24(34)31-28(33)37/h5-15,18-19,23,25,27,35H,16-17H2,1-4H3,(H,32,38)(H,31,34,37)/t19-,23+,25+,27+,29+,43?/m0/s1. The Kier molecular flexibility index (Phi) is 10.0. The summed E-state index contributed by atoms with van der Waals surface area (Å²) in [5.41, 5.74) is -2.52. The molecule has 1 aliphatic heterocycles. The van der Waals surface area contributed by atoms with E-state index in [0.717, 1.165) is 29.3 Å². The normalized spacial score (nSPS) is 23.9. The number of aromatic amines is 1. The number of aromatic nitrogens is 2. The zero-order chi connectivity index (χ0) is 31.4. The van der Waals surface area contributed by atoms with Crippen LogP contribution in [0.4, 0.5) is 4.39 Å². The number of esters is 1. The van der Waals surface area contributed by atoms with Crippen LogP contribution in [-0.2, 0) is 29.8 Å². The van der Waals surface area contributed by atoms with Gasteiger partial charge in [-0.25, -0.2) is 13.8 Å². The smallest absolute Gasteiger partial charge is 0.459 e. The Labute approximate surface area is 247 Å². The summed E-state index contributed by atoms with van der Waals surface area (Å²) >= 11 is 0. The number of rotatable bonds is 12. The largest absolute Gasteiger partial charge is 0.462 e. The molecule has 0 bridgehead atoms. The minimum Gasteiger partial charge on any atom is -0.462 e. The zero-order valence-electron chi connectivity index (χ0n) is 24.1. The minimum atomic E-state index is -4.44. The molecule has 1 unspecified atom stereocenters. The van der Waals surface area contributed by atoms with Crippen LogP contribution in [0.5, 0.6) is 5.75 Å². The van der Waals surface area contributed by atoms with Gasteiger partial charge in [0.05, 0.1) is 12.7 Å². The summed E-state index contributed by atoms with van der Waals surface area (Å²) < 4.78 is 53.1. The fourth-order valence-electron chi connectivity index (χ4n) is 4.53. The number of halogens is 1. The molecule has 3 N–H and O–H groups in total. The molecule has 2 heterocycles. The van der Waals surface area contributed by atoms with Crippen molar-refractivity contribution in [2.75, 3.05) is 6.61 Å². The van der Waals surface area contributed by atoms with Gasteiger partial charge in [-0.2, -0.15) is 5.09 Å². The minimum absolute atomic E-state index is 0.201. The topological polar surface area (TPSA) is 158 Å². The third-order valence-electron chi connectivity index (χ3n) is 6.72. The maximum atomic E-state index is 15.7. The van der Waals surface area contributed by atoms with Gasteiger partial charge in [-0.1, -0.05) is 48.5 Å². The SMILES string of the molecule is CC(C)OC(=O)[C@H](C)NP(=O)(OC[C@H]1O[C@@H](n2ccc(=O)[nH]c2=O)[C@](C)(F)[C@@H]1O)Oc1ccccc1Cc1ccccc1. The number of nitrogens with one attached hydrogen (secondary N) is 2. The van der Waals surface area contributed by atoms with Crippen LogP contribution in [0, 0.1) is 0 Å². The second-order valence-corrected chi connectivity index (χ2v) is 12.3. The second-order valence-electron chi connectivity index (χ2n) is 10.6. The lowest BCUT2D eigenvalue weighted by Crippen LogP contribution is -2.43. The van der Waals surface area contributed by atoms with Crippen LogP contribution in [0.25, 0.3) is 0 Å². The van der Waals surface area contributed by atoms with Crippen molar-refractivity contribution in [1.82, 2.24) is 14.6 Å². The molecule has 0 saturated carbocycles. The van der Waals surface area contributed by atoms with E-state index in [-0.39, 0.29) is 5.75 Å². The molecule has 0 amide bonds. The van der Waals surface area contributed by atoms with E-state index >= 15 is 4.39 Å². The van der Waals surface area contributed by atoms with E-state index in [0.29, 0.717) is 12.0 Å². The summed E-state index contributed by atoms with van der Waals surface area (Å²) in [6, 6.07) is 16.2. The van der Waals surface area contributed by atoms with E-state index in [1.807, 2.05) is 35.3 Å². The molecule has 43 heavy (non-hydrogen) atoms. The zero-order valence-corrected chi connectivity index (χ0v) is 25.0. The highest BCUT2D eigenvalue weighted by Gasteiger charge is 2.56. The molecular formula is C29H35FN3O9P. The predicted octanol–water partition coefficient (Wildman–Crippen LogP) is 3.25. The average molecular weight is 620 g/mol. The predicted molar refractivity (Wildman–Crippen MR) is 154 cm³/mol. The number of H-pyrrole nitrogens is 1. The Morgan fingerprint density at radius 2 is 1.81 bits per heavy atom. The number of hydrogen-bond donors (Lipinski definition) is 3. The van der Waals surface area contributed by atoms with E-state index in [4.69, 9.17) is 18.5 Å². The number of ether oxygens (including phenoxy) is 2. The highest BCUT2D eigenvalue weighted by Crippen LogP contribution is 2.48. The molecule has 6 atom stereocenters. The van der Waals surface area contributed by atoms with Gasteiger partial charge in [0.1, 0.15) is 24.0 Å². The van der Waals surface area contributed by atoms with Crippen molar-refractivity contribution in [1.29, 1.82) is 0 Å². The summed E-state index contributed by atoms with van der Waals surface area (Å²) in [5, 5.41) is 13.3. The number of nitrogens with zero attached hydrogens (tertiary/aromatic N) is 1. The Hall–Kier alpha value is -3.61. The molecular weight excluding hydrogens is 584 g/mol. The van der Waals surface area contributed by atoms with Crippen molar-refractivity contribution in [3.8, 4) is 5.75 Å². The molecule has 1 aromatic heterocycles. The third-order valence-corrected chi connectivity index (χ3v) is 8.34. The number of alkyl halides is 1. The number of hydrogen-bond acceptors (Lipinski definition) is 9. The van der Waals surface area contributed by atoms with Crippen molar-refractivity contribution < 1.29 is 37.4 Å². The molecule has 1 aliphatic rings. The maximum Gasteiger partial charge on any atom is 0.459 e. The van der Waals surface area contributed by atoms with E-state index in [2.05, 4.69) is 5.09 Å². The quantitative estimate of drug-likeness (QED) is 0.203. The van der Waals surface area contributed by atoms with E-state index in [9.17, 15) is 24.1 Å². The van der Waals surface area contributed by atoms with Crippen LogP contribution in [0.15, 0.2) is 76.4 Å². The fraction of sp³-hybridized carbons (Fsp3) is 0.414. The monoisotopic (exact) mass is 619 g/mol. The summed E-state index contributed by atoms with van der Waals surface area (Å²) in [4.78, 5) is 38.3. The van der Waals surface area contributed by atoms with E-state index in [1.165, 1.54) is 6.92 Å². The molecule has 0 radical (unpaired) electrons. The lowest BCUT2D eigenvalue weighted by atomic mass is 9.98. The number of benzene rings is 2. The van der Waals surface area contributed by atoms with Crippen molar-refractivity contribution in [3.05, 3.63) is 98.8 Å². The van der Waals surface area contributed by atoms with E-state index < -0.39 is 67.8 Å². The lowest BCUT2D eigenvalue weighted by Gasteiger charge is -2.26. The van der Waals surface area contributed by atoms with Crippen LogP contribution >= 0.6 is 7.75 Å². The second kappa shape index (κ2) is 13.4. The fourth-order valence-corrected chi connectivity index (χ4v) is 6.07. The number of aliphatic hydroxyl groups is 1. The first-order chi connectivity index (χ1) is 20.3. The molecule has 232 valence electrons. The molecule has 1 fully saturated rings. The molecule has 14 heteroatoms. The molecule has 0 spiro atoms. The molecule has 2 aromatic carbocycles. The van der Waals surface area contributed by atoms with Gasteiger partial charge in [-0.3, -0.25) is 23.7 Å². The Bertz CT molecular complexity index is 1580. The van der Waals surface area contributed by atoms with Crippen LogP contribution < -0.4 is 20.9 Å². The molecule has 4 rings (SSSR count). The van der Waals surface area contributed by atoms with Crippen molar-refractivity contribution in [2.45, 2.75) is 70.4 Å². The maximum absolute atomic E-state index is 15.7. The van der Waals surface area contributed by atoms with Gasteiger partial charge >= 0.3 is 19.4 Å². The third kappa shape index (κ3) is 7.87. The van der Waals surface area contributed by atoms with Crippen molar-refractivity contribution in [2.24, 2.45) is 0 Å². The van der Waals surface area contributed by atoms with Gasteiger partial charge in [0, 0.05) is 18.7 Å². The highest BCUT2D eigenvalue weighted by molar-refractivity contribution is 7.52. The Balaban J connectivity index is 1.59. The van der Waals surface area contributed by atoms with Crippen LogP contribution in [0.2, 0.25) is 0 Å². The first-order valence-corrected chi connectivity index (χ1v) is 15.2. The van der Waals surface area contributed by atoms with Crippen LogP contribution in [0.1, 0.15) is 45.0 Å². The Morgan fingerprint density at radius 1 is 1.14 bits per heavy atom. The molecule has 0 aliphatic carbocycles. The van der Waals surface area contributed by atoms with Crippen LogP contribution in [0.3, 0.4) is 0 Å². The van der Waals surface area contributed by atoms with Gasteiger partial charge in [-0.15, -0.1) is 0 Å². The van der Waals surface area contributed by atoms with Gasteiger partial charge in [0.25, 0.3) is 5.56 Å². The summed E-state index contributed by atoms with van der Waals surface area (Å²) in [7, 11) is -4.44. The number of aliphatic hydroxyl groups excluding tert-OH is 1. The van der Waals surface area contributed by atoms with Gasteiger partial charge in [-0.05, 0) is 44.9 Å². The Morgan fingerprint density at radius 3 is 2.49 bits per heavy atom. The first kappa shape index (κ1) is 32.3. The van der Waals surface area contributed by atoms with Gasteiger partial charge in [0.15, 0.2) is 11.9 Å². The number of carbonyl (C=O) groups excluding carboxylic acids is 1. The van der Waals surface area contributed by atoms with Gasteiger partial charge < -0.3 is 19.1 Å². The number of para-hydroxylation sites is 1. The number of carbonyl (C=O) groups is 1.